The molecule has 0 aliphatic heterocycles. The van der Waals surface area contributed by atoms with Gasteiger partial charge in [0.05, 0.1) is 11.8 Å². The highest BCUT2D eigenvalue weighted by Gasteiger charge is 2.12. The lowest BCUT2D eigenvalue weighted by Gasteiger charge is -2.13. The first-order chi connectivity index (χ1) is 9.97. The van der Waals surface area contributed by atoms with E-state index in [1.54, 1.807) is 30.1 Å². The Bertz CT molecular complexity index is 634. The SMILES string of the molecule is CC(C)Oc1ncccc1CNC(=O)c1cc(N)cn1C. The summed E-state index contributed by atoms with van der Waals surface area (Å²) in [6.07, 6.45) is 3.40. The van der Waals surface area contributed by atoms with Crippen LogP contribution in [0.1, 0.15) is 29.9 Å². The van der Waals surface area contributed by atoms with Crippen molar-refractivity contribution in [3.63, 3.8) is 0 Å². The molecule has 0 aromatic carbocycles. The van der Waals surface area contributed by atoms with E-state index in [0.717, 1.165) is 5.56 Å². The number of nitrogens with one attached hydrogen (secondary N) is 1. The molecule has 2 aromatic heterocycles. The first-order valence-electron chi connectivity index (χ1n) is 6.78. The summed E-state index contributed by atoms with van der Waals surface area (Å²) < 4.78 is 7.32. The number of aromatic nitrogens is 2. The lowest BCUT2D eigenvalue weighted by molar-refractivity contribution is 0.0942. The number of rotatable bonds is 5. The van der Waals surface area contributed by atoms with E-state index in [9.17, 15) is 4.79 Å². The van der Waals surface area contributed by atoms with E-state index in [1.165, 1.54) is 0 Å². The Morgan fingerprint density at radius 1 is 1.52 bits per heavy atom. The zero-order valence-corrected chi connectivity index (χ0v) is 12.5. The highest BCUT2D eigenvalue weighted by Crippen LogP contribution is 2.16. The molecule has 2 rings (SSSR count). The summed E-state index contributed by atoms with van der Waals surface area (Å²) in [4.78, 5) is 16.3. The number of anilines is 1. The van der Waals surface area contributed by atoms with Crippen LogP contribution in [0.5, 0.6) is 5.88 Å². The molecule has 21 heavy (non-hydrogen) atoms. The van der Waals surface area contributed by atoms with Gasteiger partial charge in [-0.3, -0.25) is 4.79 Å². The summed E-state index contributed by atoms with van der Waals surface area (Å²) in [6.45, 7) is 4.22. The second-order valence-electron chi connectivity index (χ2n) is 5.09. The largest absolute Gasteiger partial charge is 0.475 e. The zero-order valence-electron chi connectivity index (χ0n) is 12.5. The van der Waals surface area contributed by atoms with Gasteiger partial charge in [-0.25, -0.2) is 4.98 Å². The van der Waals surface area contributed by atoms with Gasteiger partial charge in [0.1, 0.15) is 5.69 Å². The lowest BCUT2D eigenvalue weighted by atomic mass is 10.2. The number of ether oxygens (including phenoxy) is 1. The summed E-state index contributed by atoms with van der Waals surface area (Å²) >= 11 is 0. The van der Waals surface area contributed by atoms with E-state index >= 15 is 0 Å². The molecule has 0 aliphatic carbocycles. The molecule has 0 spiro atoms. The summed E-state index contributed by atoms with van der Waals surface area (Å²) in [5.74, 6) is 0.354. The molecule has 0 fully saturated rings. The Labute approximate surface area is 123 Å². The highest BCUT2D eigenvalue weighted by molar-refractivity contribution is 5.93. The number of amides is 1. The average molecular weight is 288 g/mol. The molecule has 2 heterocycles. The van der Waals surface area contributed by atoms with Gasteiger partial charge in [0, 0.05) is 31.5 Å². The molecule has 0 saturated heterocycles. The number of aryl methyl sites for hydroxylation is 1. The summed E-state index contributed by atoms with van der Waals surface area (Å²) in [5, 5.41) is 2.85. The van der Waals surface area contributed by atoms with Gasteiger partial charge in [-0.2, -0.15) is 0 Å². The van der Waals surface area contributed by atoms with Crippen molar-refractivity contribution >= 4 is 11.6 Å². The van der Waals surface area contributed by atoms with Crippen molar-refractivity contribution in [2.75, 3.05) is 5.73 Å². The Morgan fingerprint density at radius 2 is 2.29 bits per heavy atom. The maximum absolute atomic E-state index is 12.1. The molecule has 1 amide bonds. The molecule has 3 N–H and O–H groups in total. The third-order valence-corrected chi connectivity index (χ3v) is 2.90. The summed E-state index contributed by atoms with van der Waals surface area (Å²) in [7, 11) is 1.78. The summed E-state index contributed by atoms with van der Waals surface area (Å²) in [5.41, 5.74) is 7.59. The van der Waals surface area contributed by atoms with E-state index in [4.69, 9.17) is 10.5 Å². The van der Waals surface area contributed by atoms with Gasteiger partial charge >= 0.3 is 0 Å². The topological polar surface area (TPSA) is 82.2 Å². The molecule has 2 aromatic rings. The minimum atomic E-state index is -0.187. The van der Waals surface area contributed by atoms with Crippen LogP contribution in [0.15, 0.2) is 30.6 Å². The first-order valence-corrected chi connectivity index (χ1v) is 6.78. The van der Waals surface area contributed by atoms with Crippen molar-refractivity contribution in [2.24, 2.45) is 7.05 Å². The van der Waals surface area contributed by atoms with E-state index in [2.05, 4.69) is 10.3 Å². The number of hydrogen-bond acceptors (Lipinski definition) is 4. The second kappa shape index (κ2) is 6.30. The molecule has 0 unspecified atom stereocenters. The molecule has 0 saturated carbocycles. The number of nitrogens with zero attached hydrogens (tertiary/aromatic N) is 2. The Kier molecular flexibility index (Phi) is 4.47. The fourth-order valence-electron chi connectivity index (χ4n) is 1.97. The standard InChI is InChI=1S/C15H20N4O2/c1-10(2)21-15-11(5-4-6-17-15)8-18-14(20)13-7-12(16)9-19(13)3/h4-7,9-10H,8,16H2,1-3H3,(H,18,20). The second-order valence-corrected chi connectivity index (χ2v) is 5.09. The first kappa shape index (κ1) is 14.9. The van der Waals surface area contributed by atoms with Crippen LogP contribution < -0.4 is 15.8 Å². The van der Waals surface area contributed by atoms with E-state index in [-0.39, 0.29) is 12.0 Å². The van der Waals surface area contributed by atoms with Gasteiger partial charge in [0.2, 0.25) is 5.88 Å². The third kappa shape index (κ3) is 3.75. The molecule has 112 valence electrons. The van der Waals surface area contributed by atoms with Crippen LogP contribution in [0.2, 0.25) is 0 Å². The smallest absolute Gasteiger partial charge is 0.268 e. The monoisotopic (exact) mass is 288 g/mol. The number of hydrogen-bond donors (Lipinski definition) is 2. The van der Waals surface area contributed by atoms with Crippen molar-refractivity contribution in [2.45, 2.75) is 26.5 Å². The van der Waals surface area contributed by atoms with E-state index in [1.807, 2.05) is 26.0 Å². The van der Waals surface area contributed by atoms with Crippen LogP contribution in [0.25, 0.3) is 0 Å². The third-order valence-electron chi connectivity index (χ3n) is 2.90. The fourth-order valence-corrected chi connectivity index (χ4v) is 1.97. The normalized spacial score (nSPS) is 10.7. The Balaban J connectivity index is 2.06. The Morgan fingerprint density at radius 3 is 2.90 bits per heavy atom. The van der Waals surface area contributed by atoms with Crippen LogP contribution in [-0.2, 0) is 13.6 Å². The minimum absolute atomic E-state index is 0.0297. The van der Waals surface area contributed by atoms with Gasteiger partial charge in [0.25, 0.3) is 5.91 Å². The van der Waals surface area contributed by atoms with Crippen molar-refractivity contribution in [1.82, 2.24) is 14.9 Å². The number of carbonyl (C=O) groups excluding carboxylic acids is 1. The van der Waals surface area contributed by atoms with E-state index < -0.39 is 0 Å². The number of nitrogen functional groups attached to an aromatic ring is 1. The number of pyridine rings is 1. The number of nitrogens with two attached hydrogens (primary N) is 1. The van der Waals surface area contributed by atoms with Gasteiger partial charge in [-0.05, 0) is 26.0 Å². The molecule has 6 heteroatoms. The highest BCUT2D eigenvalue weighted by atomic mass is 16.5. The van der Waals surface area contributed by atoms with Gasteiger partial charge < -0.3 is 20.4 Å². The van der Waals surface area contributed by atoms with Crippen molar-refractivity contribution in [3.05, 3.63) is 41.9 Å². The molecule has 0 aliphatic rings. The Hall–Kier alpha value is -2.50. The van der Waals surface area contributed by atoms with Gasteiger partial charge in [-0.1, -0.05) is 6.07 Å². The summed E-state index contributed by atoms with van der Waals surface area (Å²) in [6, 6.07) is 5.34. The number of carbonyl (C=O) groups is 1. The predicted molar refractivity (Wildman–Crippen MR) is 81.0 cm³/mol. The van der Waals surface area contributed by atoms with Crippen molar-refractivity contribution in [3.8, 4) is 5.88 Å². The maximum Gasteiger partial charge on any atom is 0.268 e. The fraction of sp³-hybridized carbons (Fsp3) is 0.333. The van der Waals surface area contributed by atoms with Gasteiger partial charge in [0.15, 0.2) is 0 Å². The van der Waals surface area contributed by atoms with Crippen LogP contribution >= 0.6 is 0 Å². The van der Waals surface area contributed by atoms with Crippen LogP contribution in [0, 0.1) is 0 Å². The maximum atomic E-state index is 12.1. The van der Waals surface area contributed by atoms with Crippen LogP contribution in [0.4, 0.5) is 5.69 Å². The van der Waals surface area contributed by atoms with Crippen molar-refractivity contribution in [1.29, 1.82) is 0 Å². The molecule has 0 bridgehead atoms. The predicted octanol–water partition coefficient (Wildman–Crippen LogP) is 1.72. The van der Waals surface area contributed by atoms with Crippen LogP contribution in [0.3, 0.4) is 0 Å². The average Bonchev–Trinajstić information content (AvgIpc) is 2.76. The molecular formula is C15H20N4O2. The van der Waals surface area contributed by atoms with Crippen LogP contribution in [-0.4, -0.2) is 21.6 Å². The van der Waals surface area contributed by atoms with E-state index in [0.29, 0.717) is 23.8 Å². The quantitative estimate of drug-likeness (QED) is 0.877. The molecular weight excluding hydrogens is 268 g/mol. The molecule has 0 atom stereocenters. The molecule has 0 radical (unpaired) electrons. The zero-order chi connectivity index (χ0) is 15.4. The minimum Gasteiger partial charge on any atom is -0.475 e. The van der Waals surface area contributed by atoms with Crippen molar-refractivity contribution < 1.29 is 9.53 Å². The molecule has 6 nitrogen and oxygen atoms in total. The van der Waals surface area contributed by atoms with Gasteiger partial charge in [-0.15, -0.1) is 0 Å². The lowest BCUT2D eigenvalue weighted by Crippen LogP contribution is -2.25.